The lowest BCUT2D eigenvalue weighted by molar-refractivity contribution is -0.132. The first kappa shape index (κ1) is 14.4. The number of nitriles is 1. The lowest BCUT2D eigenvalue weighted by Gasteiger charge is -2.33. The van der Waals surface area contributed by atoms with Crippen LogP contribution in [0.3, 0.4) is 0 Å². The Hall–Kier alpha value is -2.55. The number of benzene rings is 1. The van der Waals surface area contributed by atoms with E-state index in [1.807, 2.05) is 24.3 Å². The molecule has 3 amide bonds. The summed E-state index contributed by atoms with van der Waals surface area (Å²) in [6, 6.07) is 7.15. The zero-order valence-electron chi connectivity index (χ0n) is 12.4. The quantitative estimate of drug-likeness (QED) is 0.861. The molecule has 1 unspecified atom stereocenters. The highest BCUT2D eigenvalue weighted by Gasteiger charge is 2.53. The number of amides is 3. The molecule has 6 heteroatoms. The number of imide groups is 1. The maximum absolute atomic E-state index is 12.8. The van der Waals surface area contributed by atoms with Crippen LogP contribution in [0.5, 0.6) is 5.75 Å². The molecule has 6 nitrogen and oxygen atoms in total. The van der Waals surface area contributed by atoms with Crippen LogP contribution in [-0.2, 0) is 16.8 Å². The van der Waals surface area contributed by atoms with Gasteiger partial charge < -0.3 is 10.1 Å². The van der Waals surface area contributed by atoms with Gasteiger partial charge in [0.05, 0.1) is 19.6 Å². The van der Waals surface area contributed by atoms with Crippen molar-refractivity contribution in [2.75, 3.05) is 13.7 Å². The average molecular weight is 299 g/mol. The van der Waals surface area contributed by atoms with E-state index in [1.54, 1.807) is 7.11 Å². The lowest BCUT2D eigenvalue weighted by Crippen LogP contribution is -2.46. The van der Waals surface area contributed by atoms with E-state index in [2.05, 4.69) is 5.32 Å². The summed E-state index contributed by atoms with van der Waals surface area (Å²) in [5.74, 6) is 0.493. The number of aryl methyl sites for hydroxylation is 1. The minimum absolute atomic E-state index is 0.133. The highest BCUT2D eigenvalue weighted by molar-refractivity contribution is 6.07. The Bertz CT molecular complexity index is 680. The molecule has 1 aromatic carbocycles. The second-order valence-corrected chi connectivity index (χ2v) is 5.58. The van der Waals surface area contributed by atoms with Gasteiger partial charge >= 0.3 is 6.03 Å². The molecular formula is C16H17N3O3. The fraction of sp³-hybridized carbons (Fsp3) is 0.438. The number of carbonyl (C=O) groups excluding carboxylic acids is 2. The number of carbonyl (C=O) groups is 2. The zero-order chi connectivity index (χ0) is 15.7. The third-order valence-corrected chi connectivity index (χ3v) is 4.39. The first-order valence-electron chi connectivity index (χ1n) is 7.31. The summed E-state index contributed by atoms with van der Waals surface area (Å²) in [6.45, 7) is 0.133. The van der Waals surface area contributed by atoms with Crippen LogP contribution < -0.4 is 10.1 Å². The molecule has 1 atom stereocenters. The van der Waals surface area contributed by atoms with Gasteiger partial charge in [0.15, 0.2) is 0 Å². The molecule has 1 aliphatic heterocycles. The lowest BCUT2D eigenvalue weighted by atomic mass is 9.76. The van der Waals surface area contributed by atoms with Crippen molar-refractivity contribution in [3.05, 3.63) is 29.3 Å². The number of methoxy groups -OCH3 is 1. The number of nitrogens with one attached hydrogen (secondary N) is 1. The maximum atomic E-state index is 12.8. The topological polar surface area (TPSA) is 82.4 Å². The summed E-state index contributed by atoms with van der Waals surface area (Å²) in [4.78, 5) is 26.1. The van der Waals surface area contributed by atoms with Crippen molar-refractivity contribution in [1.29, 1.82) is 5.26 Å². The zero-order valence-corrected chi connectivity index (χ0v) is 12.4. The fourth-order valence-corrected chi connectivity index (χ4v) is 3.34. The van der Waals surface area contributed by atoms with Crippen molar-refractivity contribution in [2.45, 2.75) is 31.2 Å². The van der Waals surface area contributed by atoms with Crippen LogP contribution >= 0.6 is 0 Å². The smallest absolute Gasteiger partial charge is 0.325 e. The molecule has 0 saturated carbocycles. The summed E-state index contributed by atoms with van der Waals surface area (Å²) in [5.41, 5.74) is 0.894. The van der Waals surface area contributed by atoms with Gasteiger partial charge in [-0.25, -0.2) is 4.79 Å². The molecule has 1 aliphatic carbocycles. The van der Waals surface area contributed by atoms with E-state index < -0.39 is 11.6 Å². The summed E-state index contributed by atoms with van der Waals surface area (Å²) >= 11 is 0. The minimum atomic E-state index is -0.980. The Kier molecular flexibility index (Phi) is 3.49. The van der Waals surface area contributed by atoms with E-state index in [1.165, 1.54) is 0 Å². The summed E-state index contributed by atoms with van der Waals surface area (Å²) < 4.78 is 5.23. The van der Waals surface area contributed by atoms with Gasteiger partial charge in [0.1, 0.15) is 11.3 Å². The van der Waals surface area contributed by atoms with Gasteiger partial charge in [-0.2, -0.15) is 5.26 Å². The molecule has 1 N–H and O–H groups in total. The number of nitrogens with zero attached hydrogens (tertiary/aromatic N) is 2. The molecular weight excluding hydrogens is 282 g/mol. The van der Waals surface area contributed by atoms with Gasteiger partial charge in [0.25, 0.3) is 5.91 Å². The Balaban J connectivity index is 2.01. The van der Waals surface area contributed by atoms with E-state index >= 15 is 0 Å². The van der Waals surface area contributed by atoms with Crippen LogP contribution in [0, 0.1) is 11.3 Å². The molecule has 0 aromatic heterocycles. The van der Waals surface area contributed by atoms with Crippen LogP contribution in [0.25, 0.3) is 0 Å². The van der Waals surface area contributed by atoms with E-state index in [-0.39, 0.29) is 18.9 Å². The van der Waals surface area contributed by atoms with Crippen LogP contribution in [-0.4, -0.2) is 30.5 Å². The second-order valence-electron chi connectivity index (χ2n) is 5.58. The predicted molar refractivity (Wildman–Crippen MR) is 78.1 cm³/mol. The number of hydrogen-bond donors (Lipinski definition) is 1. The predicted octanol–water partition coefficient (Wildman–Crippen LogP) is 1.69. The monoisotopic (exact) mass is 299 g/mol. The van der Waals surface area contributed by atoms with E-state index in [0.717, 1.165) is 34.6 Å². The maximum Gasteiger partial charge on any atom is 0.325 e. The first-order valence-corrected chi connectivity index (χ1v) is 7.31. The standard InChI is InChI=1S/C16H17N3O3/c1-22-12-5-6-13-11(10-12)4-2-7-16(13)14(20)19(9-3-8-17)15(21)18-16/h5-6,10H,2-4,7,9H2,1H3,(H,18,21). The van der Waals surface area contributed by atoms with Crippen molar-refractivity contribution in [2.24, 2.45) is 0 Å². The van der Waals surface area contributed by atoms with Gasteiger partial charge in [-0.15, -0.1) is 0 Å². The SMILES string of the molecule is COc1ccc2c(c1)CCCC21NC(=O)N(CCC#N)C1=O. The highest BCUT2D eigenvalue weighted by Crippen LogP contribution is 2.41. The summed E-state index contributed by atoms with van der Waals surface area (Å²) in [6.07, 6.45) is 2.40. The molecule has 0 radical (unpaired) electrons. The third-order valence-electron chi connectivity index (χ3n) is 4.39. The second kappa shape index (κ2) is 5.34. The van der Waals surface area contributed by atoms with Gasteiger partial charge in [0.2, 0.25) is 0 Å². The number of ether oxygens (including phenoxy) is 1. The van der Waals surface area contributed by atoms with E-state index in [0.29, 0.717) is 6.42 Å². The molecule has 1 saturated heterocycles. The summed E-state index contributed by atoms with van der Waals surface area (Å²) in [5, 5.41) is 11.5. The molecule has 0 bridgehead atoms. The number of urea groups is 1. The molecule has 1 aromatic rings. The van der Waals surface area contributed by atoms with Crippen LogP contribution in [0.15, 0.2) is 18.2 Å². The Morgan fingerprint density at radius 3 is 3.00 bits per heavy atom. The molecule has 114 valence electrons. The Labute approximate surface area is 128 Å². The Morgan fingerprint density at radius 2 is 2.27 bits per heavy atom. The molecule has 2 aliphatic rings. The molecule has 1 heterocycles. The summed E-state index contributed by atoms with van der Waals surface area (Å²) in [7, 11) is 1.60. The van der Waals surface area contributed by atoms with Gasteiger partial charge in [-0.3, -0.25) is 9.69 Å². The fourth-order valence-electron chi connectivity index (χ4n) is 3.34. The normalized spacial score (nSPS) is 23.2. The van der Waals surface area contributed by atoms with Crippen LogP contribution in [0.4, 0.5) is 4.79 Å². The van der Waals surface area contributed by atoms with Gasteiger partial charge in [0, 0.05) is 6.54 Å². The van der Waals surface area contributed by atoms with Crippen molar-refractivity contribution >= 4 is 11.9 Å². The van der Waals surface area contributed by atoms with Crippen molar-refractivity contribution in [3.8, 4) is 11.8 Å². The average Bonchev–Trinajstić information content (AvgIpc) is 2.76. The molecule has 22 heavy (non-hydrogen) atoms. The van der Waals surface area contributed by atoms with E-state index in [4.69, 9.17) is 10.00 Å². The number of rotatable bonds is 3. The van der Waals surface area contributed by atoms with Crippen LogP contribution in [0.2, 0.25) is 0 Å². The van der Waals surface area contributed by atoms with Gasteiger partial charge in [-0.1, -0.05) is 6.07 Å². The van der Waals surface area contributed by atoms with E-state index in [9.17, 15) is 9.59 Å². The molecule has 3 rings (SSSR count). The van der Waals surface area contributed by atoms with Crippen molar-refractivity contribution in [3.63, 3.8) is 0 Å². The Morgan fingerprint density at radius 1 is 1.45 bits per heavy atom. The van der Waals surface area contributed by atoms with Crippen molar-refractivity contribution in [1.82, 2.24) is 10.2 Å². The minimum Gasteiger partial charge on any atom is -0.497 e. The first-order chi connectivity index (χ1) is 10.6. The highest BCUT2D eigenvalue weighted by atomic mass is 16.5. The molecule has 1 fully saturated rings. The van der Waals surface area contributed by atoms with Crippen LogP contribution in [0.1, 0.15) is 30.4 Å². The molecule has 1 spiro atoms. The largest absolute Gasteiger partial charge is 0.497 e. The number of hydrogen-bond acceptors (Lipinski definition) is 4. The van der Waals surface area contributed by atoms with Crippen molar-refractivity contribution < 1.29 is 14.3 Å². The number of fused-ring (bicyclic) bond motifs is 2. The van der Waals surface area contributed by atoms with Gasteiger partial charge in [-0.05, 0) is 42.5 Å². The third kappa shape index (κ3) is 2.01.